The van der Waals surface area contributed by atoms with Crippen molar-refractivity contribution in [2.45, 2.75) is 20.4 Å². The molecule has 22 heavy (non-hydrogen) atoms. The van der Waals surface area contributed by atoms with Crippen LogP contribution in [-0.4, -0.2) is 71.0 Å². The van der Waals surface area contributed by atoms with Gasteiger partial charge in [-0.3, -0.25) is 9.79 Å². The highest BCUT2D eigenvalue weighted by molar-refractivity contribution is 14.0. The van der Waals surface area contributed by atoms with E-state index in [9.17, 15) is 4.79 Å². The predicted molar refractivity (Wildman–Crippen MR) is 97.6 cm³/mol. The number of nitrogens with one attached hydrogen (secondary N) is 1. The number of rotatable bonds is 3. The maximum absolute atomic E-state index is 11.3. The normalized spacial score (nSPS) is 15.5. The van der Waals surface area contributed by atoms with Gasteiger partial charge in [-0.25, -0.2) is 4.98 Å². The molecule has 0 atom stereocenters. The topological polar surface area (TPSA) is 65.8 Å². The number of amides is 1. The van der Waals surface area contributed by atoms with Gasteiger partial charge >= 0.3 is 0 Å². The molecule has 0 unspecified atom stereocenters. The highest BCUT2D eigenvalue weighted by Crippen LogP contribution is 2.02. The van der Waals surface area contributed by atoms with E-state index in [0.29, 0.717) is 0 Å². The number of hydrogen-bond donors (Lipinski definition) is 1. The van der Waals surface area contributed by atoms with E-state index in [2.05, 4.69) is 24.8 Å². The Morgan fingerprint density at radius 1 is 1.32 bits per heavy atom. The number of halogens is 1. The minimum absolute atomic E-state index is 0. The first kappa shape index (κ1) is 18.7. The lowest BCUT2D eigenvalue weighted by Crippen LogP contribution is -2.53. The molecule has 0 saturated carbocycles. The zero-order chi connectivity index (χ0) is 15.2. The SMILES string of the molecule is CN=C(NCCn1ccnc1C)N1CCN(C(C)=O)CC1.I. The Hall–Kier alpha value is -1.32. The summed E-state index contributed by atoms with van der Waals surface area (Å²) in [5.74, 6) is 2.06. The molecule has 2 heterocycles. The van der Waals surface area contributed by atoms with Gasteiger partial charge in [0.15, 0.2) is 5.96 Å². The van der Waals surface area contributed by atoms with E-state index < -0.39 is 0 Å². The van der Waals surface area contributed by atoms with Gasteiger partial charge in [0, 0.05) is 65.6 Å². The van der Waals surface area contributed by atoms with Gasteiger partial charge < -0.3 is 19.7 Å². The van der Waals surface area contributed by atoms with Crippen LogP contribution in [0.5, 0.6) is 0 Å². The molecule has 1 N–H and O–H groups in total. The Morgan fingerprint density at radius 3 is 2.45 bits per heavy atom. The molecule has 1 aliphatic heterocycles. The van der Waals surface area contributed by atoms with Gasteiger partial charge in [-0.2, -0.15) is 0 Å². The van der Waals surface area contributed by atoms with Crippen molar-refractivity contribution in [3.8, 4) is 0 Å². The summed E-state index contributed by atoms with van der Waals surface area (Å²) >= 11 is 0. The standard InChI is InChI=1S/C14H24N6O.HI/c1-12-16-4-6-18(12)7-5-17-14(15-3)20-10-8-19(9-11-20)13(2)21;/h4,6H,5,7-11H2,1-3H3,(H,15,17);1H. The van der Waals surface area contributed by atoms with Crippen LogP contribution in [0, 0.1) is 6.92 Å². The summed E-state index contributed by atoms with van der Waals surface area (Å²) < 4.78 is 2.11. The second kappa shape index (κ2) is 8.96. The van der Waals surface area contributed by atoms with Crippen molar-refractivity contribution in [2.24, 2.45) is 4.99 Å². The van der Waals surface area contributed by atoms with Crippen molar-refractivity contribution in [3.63, 3.8) is 0 Å². The summed E-state index contributed by atoms with van der Waals surface area (Å²) in [5, 5.41) is 3.37. The maximum Gasteiger partial charge on any atom is 0.219 e. The summed E-state index contributed by atoms with van der Waals surface area (Å²) in [5.41, 5.74) is 0. The number of hydrogen-bond acceptors (Lipinski definition) is 3. The van der Waals surface area contributed by atoms with Gasteiger partial charge in [0.1, 0.15) is 5.82 Å². The molecule has 1 aromatic heterocycles. The van der Waals surface area contributed by atoms with Gasteiger partial charge in [0.2, 0.25) is 5.91 Å². The number of carbonyl (C=O) groups is 1. The van der Waals surface area contributed by atoms with Crippen LogP contribution in [0.25, 0.3) is 0 Å². The lowest BCUT2D eigenvalue weighted by Gasteiger charge is -2.36. The number of imidazole rings is 1. The molecule has 0 bridgehead atoms. The zero-order valence-electron chi connectivity index (χ0n) is 13.4. The van der Waals surface area contributed by atoms with Gasteiger partial charge in [-0.15, -0.1) is 24.0 Å². The monoisotopic (exact) mass is 420 g/mol. The van der Waals surface area contributed by atoms with Crippen LogP contribution in [0.2, 0.25) is 0 Å². The number of aliphatic imine (C=N–C) groups is 1. The second-order valence-electron chi connectivity index (χ2n) is 5.13. The minimum Gasteiger partial charge on any atom is -0.354 e. The molecular formula is C14H25IN6O. The van der Waals surface area contributed by atoms with Crippen molar-refractivity contribution in [2.75, 3.05) is 39.8 Å². The molecule has 2 rings (SSSR count). The molecule has 1 aromatic rings. The van der Waals surface area contributed by atoms with E-state index in [4.69, 9.17) is 0 Å². The summed E-state index contributed by atoms with van der Waals surface area (Å²) in [6.45, 7) is 8.45. The number of aromatic nitrogens is 2. The number of nitrogens with zero attached hydrogens (tertiary/aromatic N) is 5. The van der Waals surface area contributed by atoms with E-state index in [1.165, 1.54) is 0 Å². The zero-order valence-corrected chi connectivity index (χ0v) is 15.8. The van der Waals surface area contributed by atoms with Crippen molar-refractivity contribution in [1.29, 1.82) is 0 Å². The molecule has 1 fully saturated rings. The summed E-state index contributed by atoms with van der Waals surface area (Å²) in [4.78, 5) is 23.9. The first-order valence-electron chi connectivity index (χ1n) is 7.30. The largest absolute Gasteiger partial charge is 0.354 e. The molecule has 124 valence electrons. The fourth-order valence-electron chi connectivity index (χ4n) is 2.49. The molecule has 8 heteroatoms. The fraction of sp³-hybridized carbons (Fsp3) is 0.643. The lowest BCUT2D eigenvalue weighted by molar-refractivity contribution is -0.130. The maximum atomic E-state index is 11.3. The Kier molecular flexibility index (Phi) is 7.63. The lowest BCUT2D eigenvalue weighted by atomic mass is 10.3. The molecule has 7 nitrogen and oxygen atoms in total. The average Bonchev–Trinajstić information content (AvgIpc) is 2.89. The smallest absolute Gasteiger partial charge is 0.219 e. The first-order valence-corrected chi connectivity index (χ1v) is 7.30. The molecule has 0 spiro atoms. The number of piperazine rings is 1. The van der Waals surface area contributed by atoms with Crippen molar-refractivity contribution in [1.82, 2.24) is 24.7 Å². The quantitative estimate of drug-likeness (QED) is 0.441. The molecule has 1 aliphatic rings. The van der Waals surface area contributed by atoms with Crippen molar-refractivity contribution in [3.05, 3.63) is 18.2 Å². The molecule has 0 aliphatic carbocycles. The number of carbonyl (C=O) groups excluding carboxylic acids is 1. The molecule has 0 radical (unpaired) electrons. The Morgan fingerprint density at radius 2 is 1.95 bits per heavy atom. The van der Waals surface area contributed by atoms with Crippen LogP contribution < -0.4 is 5.32 Å². The van der Waals surface area contributed by atoms with E-state index in [1.54, 1.807) is 14.0 Å². The van der Waals surface area contributed by atoms with Crippen LogP contribution in [0.1, 0.15) is 12.7 Å². The van der Waals surface area contributed by atoms with Crippen LogP contribution in [0.3, 0.4) is 0 Å². The number of aryl methyl sites for hydroxylation is 1. The van der Waals surface area contributed by atoms with Crippen LogP contribution in [-0.2, 0) is 11.3 Å². The van der Waals surface area contributed by atoms with Crippen molar-refractivity contribution >= 4 is 35.8 Å². The average molecular weight is 420 g/mol. The van der Waals surface area contributed by atoms with E-state index >= 15 is 0 Å². The van der Waals surface area contributed by atoms with Gasteiger partial charge in [0.05, 0.1) is 0 Å². The molecule has 1 amide bonds. The Labute approximate surface area is 148 Å². The first-order chi connectivity index (χ1) is 10.1. The third kappa shape index (κ3) is 4.85. The second-order valence-corrected chi connectivity index (χ2v) is 5.13. The van der Waals surface area contributed by atoms with Crippen LogP contribution in [0.4, 0.5) is 0 Å². The third-order valence-corrected chi connectivity index (χ3v) is 3.80. The van der Waals surface area contributed by atoms with Crippen LogP contribution in [0.15, 0.2) is 17.4 Å². The summed E-state index contributed by atoms with van der Waals surface area (Å²) in [7, 11) is 1.79. The van der Waals surface area contributed by atoms with Gasteiger partial charge in [-0.1, -0.05) is 0 Å². The summed E-state index contributed by atoms with van der Waals surface area (Å²) in [6.07, 6.45) is 3.79. The molecule has 0 aromatic carbocycles. The number of guanidine groups is 1. The van der Waals surface area contributed by atoms with Gasteiger partial charge in [0.25, 0.3) is 0 Å². The fourth-order valence-corrected chi connectivity index (χ4v) is 2.49. The van der Waals surface area contributed by atoms with Gasteiger partial charge in [-0.05, 0) is 6.92 Å². The predicted octanol–water partition coefficient (Wildman–Crippen LogP) is 0.549. The van der Waals surface area contributed by atoms with Crippen molar-refractivity contribution < 1.29 is 4.79 Å². The van der Waals surface area contributed by atoms with E-state index in [1.807, 2.05) is 24.2 Å². The Bertz CT molecular complexity index is 507. The highest BCUT2D eigenvalue weighted by Gasteiger charge is 2.20. The van der Waals surface area contributed by atoms with Crippen LogP contribution >= 0.6 is 24.0 Å². The summed E-state index contributed by atoms with van der Waals surface area (Å²) in [6, 6.07) is 0. The minimum atomic E-state index is 0. The molecule has 1 saturated heterocycles. The highest BCUT2D eigenvalue weighted by atomic mass is 127. The van der Waals surface area contributed by atoms with E-state index in [0.717, 1.165) is 51.1 Å². The van der Waals surface area contributed by atoms with E-state index in [-0.39, 0.29) is 29.9 Å². The Balaban J connectivity index is 0.00000242. The molecular weight excluding hydrogens is 395 g/mol. The third-order valence-electron chi connectivity index (χ3n) is 3.80.